The van der Waals surface area contributed by atoms with Crippen LogP contribution in [0.5, 0.6) is 0 Å². The Morgan fingerprint density at radius 2 is 1.72 bits per heavy atom. The van der Waals surface area contributed by atoms with Gasteiger partial charge in [0.1, 0.15) is 6.04 Å². The fourth-order valence-corrected chi connectivity index (χ4v) is 7.85. The second-order valence-electron chi connectivity index (χ2n) is 11.0. The first kappa shape index (κ1) is 31.5. The molecule has 11 nitrogen and oxygen atoms in total. The van der Waals surface area contributed by atoms with E-state index in [1.54, 1.807) is 17.0 Å². The maximum Gasteiger partial charge on any atom is 0.321 e. The van der Waals surface area contributed by atoms with Crippen molar-refractivity contribution in [3.63, 3.8) is 0 Å². The number of anilines is 1. The Hall–Kier alpha value is -2.97. The smallest absolute Gasteiger partial charge is 0.321 e. The summed E-state index contributed by atoms with van der Waals surface area (Å²) in [7, 11) is -3.86. The molecule has 3 fully saturated rings. The predicted octanol–water partition coefficient (Wildman–Crippen LogP) is 3.12. The summed E-state index contributed by atoms with van der Waals surface area (Å²) < 4.78 is 28.3. The lowest BCUT2D eigenvalue weighted by Crippen LogP contribution is -2.56. The Bertz CT molecular complexity index is 1430. The van der Waals surface area contributed by atoms with E-state index in [1.807, 2.05) is 35.2 Å². The number of hydrogen-bond acceptors (Lipinski definition) is 7. The molecule has 0 radical (unpaired) electrons. The summed E-state index contributed by atoms with van der Waals surface area (Å²) in [5, 5.41) is 3.97. The molecule has 0 spiro atoms. The first-order valence-electron chi connectivity index (χ1n) is 14.5. The fraction of sp³-hybridized carbons (Fsp3) is 0.483. The third-order valence-corrected chi connectivity index (χ3v) is 10.3. The zero-order valence-corrected chi connectivity index (χ0v) is 26.2. The summed E-state index contributed by atoms with van der Waals surface area (Å²) in [6, 6.07) is 11.8. The molecule has 3 saturated heterocycles. The normalized spacial score (nSPS) is 22.0. The van der Waals surface area contributed by atoms with Crippen molar-refractivity contribution in [1.82, 2.24) is 24.3 Å². The summed E-state index contributed by atoms with van der Waals surface area (Å²) >= 11 is 7.16. The number of amides is 4. The summed E-state index contributed by atoms with van der Waals surface area (Å²) in [5.41, 5.74) is 0.766. The van der Waals surface area contributed by atoms with Gasteiger partial charge >= 0.3 is 6.03 Å². The van der Waals surface area contributed by atoms with Crippen LogP contribution in [0.3, 0.4) is 0 Å². The van der Waals surface area contributed by atoms with Crippen LogP contribution in [-0.2, 0) is 19.6 Å². The van der Waals surface area contributed by atoms with Crippen LogP contribution in [-0.4, -0.2) is 110 Å². The first-order valence-corrected chi connectivity index (χ1v) is 17.3. The van der Waals surface area contributed by atoms with Gasteiger partial charge in [0.15, 0.2) is 0 Å². The molecular formula is C29H37ClN6O5S2. The quantitative estimate of drug-likeness (QED) is 0.431. The van der Waals surface area contributed by atoms with E-state index >= 15 is 0 Å². The van der Waals surface area contributed by atoms with Gasteiger partial charge in [0.25, 0.3) is 0 Å². The molecule has 0 aliphatic carbocycles. The number of benzene rings is 1. The third-order valence-electron chi connectivity index (χ3n) is 8.02. The van der Waals surface area contributed by atoms with Crippen molar-refractivity contribution in [2.24, 2.45) is 0 Å². The lowest BCUT2D eigenvalue weighted by Gasteiger charge is -2.38. The molecule has 3 aliphatic rings. The average molecular weight is 649 g/mol. The molecular weight excluding hydrogens is 612 g/mol. The van der Waals surface area contributed by atoms with E-state index in [0.29, 0.717) is 48.2 Å². The van der Waals surface area contributed by atoms with Crippen molar-refractivity contribution in [1.29, 1.82) is 0 Å². The fourth-order valence-electron chi connectivity index (χ4n) is 5.78. The van der Waals surface area contributed by atoms with Gasteiger partial charge in [0.05, 0.1) is 10.9 Å². The molecule has 0 saturated carbocycles. The van der Waals surface area contributed by atoms with E-state index in [4.69, 9.17) is 11.6 Å². The highest BCUT2D eigenvalue weighted by atomic mass is 35.5. The number of thiophene rings is 1. The molecule has 4 amide bonds. The molecule has 3 aliphatic heterocycles. The molecule has 14 heteroatoms. The molecule has 5 rings (SSSR count). The molecule has 43 heavy (non-hydrogen) atoms. The molecule has 2 N–H and O–H groups in total. The summed E-state index contributed by atoms with van der Waals surface area (Å²) in [6.07, 6.45) is 4.21. The van der Waals surface area contributed by atoms with Crippen molar-refractivity contribution in [3.8, 4) is 0 Å². The first-order chi connectivity index (χ1) is 20.7. The van der Waals surface area contributed by atoms with Crippen molar-refractivity contribution in [3.05, 3.63) is 57.1 Å². The highest BCUT2D eigenvalue weighted by molar-refractivity contribution is 7.92. The van der Waals surface area contributed by atoms with Crippen molar-refractivity contribution >= 4 is 62.6 Å². The number of nitrogens with one attached hydrogen (secondary N) is 2. The minimum atomic E-state index is -3.86. The Balaban J connectivity index is 1.09. The van der Waals surface area contributed by atoms with Crippen molar-refractivity contribution in [2.75, 3.05) is 57.7 Å². The van der Waals surface area contributed by atoms with Gasteiger partial charge in [-0.15, -0.1) is 11.3 Å². The topological polar surface area (TPSA) is 122 Å². The SMILES string of the molecule is O=C(Nc1ccccc1)N1CCN(CC2CCCN2C(=O)CN2CCCC(NS(=O)(=O)/C=C/c3ccc(Cl)s3)C2=O)CC1. The van der Waals surface area contributed by atoms with E-state index in [0.717, 1.165) is 43.6 Å². The lowest BCUT2D eigenvalue weighted by atomic mass is 10.1. The van der Waals surface area contributed by atoms with Gasteiger partial charge in [-0.3, -0.25) is 14.5 Å². The summed E-state index contributed by atoms with van der Waals surface area (Å²) in [6.45, 7) is 4.37. The van der Waals surface area contributed by atoms with E-state index in [-0.39, 0.29) is 30.4 Å². The number of nitrogens with zero attached hydrogens (tertiary/aromatic N) is 4. The second kappa shape index (κ2) is 14.2. The maximum absolute atomic E-state index is 13.4. The highest BCUT2D eigenvalue weighted by Gasteiger charge is 2.36. The number of piperidine rings is 1. The molecule has 0 bridgehead atoms. The van der Waals surface area contributed by atoms with Crippen molar-refractivity contribution in [2.45, 2.75) is 37.8 Å². The Morgan fingerprint density at radius 3 is 2.44 bits per heavy atom. The predicted molar refractivity (Wildman–Crippen MR) is 168 cm³/mol. The number of halogens is 1. The molecule has 4 heterocycles. The average Bonchev–Trinajstić information content (AvgIpc) is 3.63. The summed E-state index contributed by atoms with van der Waals surface area (Å²) in [4.78, 5) is 47.3. The van der Waals surface area contributed by atoms with Crippen LogP contribution < -0.4 is 10.0 Å². The Kier molecular flexibility index (Phi) is 10.4. The van der Waals surface area contributed by atoms with Gasteiger partial charge in [0, 0.05) is 67.8 Å². The Labute approximate surface area is 261 Å². The molecule has 2 atom stereocenters. The van der Waals surface area contributed by atoms with Crippen molar-refractivity contribution < 1.29 is 22.8 Å². The number of urea groups is 1. The summed E-state index contributed by atoms with van der Waals surface area (Å²) in [5.74, 6) is -0.494. The number of rotatable bonds is 9. The second-order valence-corrected chi connectivity index (χ2v) is 14.4. The standard InChI is InChI=1S/C29H37ClN6O5S2/c30-26-11-10-24(42-26)12-19-43(40,41)32-25-9-5-13-35(28(25)38)21-27(37)36-14-4-8-23(36)20-33-15-17-34(18-16-33)29(39)31-22-6-2-1-3-7-22/h1-3,6-7,10-12,19,23,25,32H,4-5,8-9,13-18,20-21H2,(H,31,39)/b19-12+. The van der Waals surface area contributed by atoms with Crippen LogP contribution in [0, 0.1) is 0 Å². The third kappa shape index (κ3) is 8.57. The number of sulfonamides is 1. The molecule has 1 aromatic carbocycles. The van der Waals surface area contributed by atoms with Crippen LogP contribution in [0.1, 0.15) is 30.6 Å². The number of piperazine rings is 1. The van der Waals surface area contributed by atoms with E-state index < -0.39 is 16.1 Å². The van der Waals surface area contributed by atoms with E-state index in [1.165, 1.54) is 22.3 Å². The highest BCUT2D eigenvalue weighted by Crippen LogP contribution is 2.23. The minimum Gasteiger partial charge on any atom is -0.337 e. The Morgan fingerprint density at radius 1 is 0.977 bits per heavy atom. The maximum atomic E-state index is 13.4. The molecule has 1 aromatic heterocycles. The molecule has 232 valence electrons. The molecule has 2 aromatic rings. The van der Waals surface area contributed by atoms with Gasteiger partial charge < -0.3 is 20.0 Å². The largest absolute Gasteiger partial charge is 0.337 e. The molecule has 2 unspecified atom stereocenters. The minimum absolute atomic E-state index is 0.0438. The lowest BCUT2D eigenvalue weighted by molar-refractivity contribution is -0.143. The van der Waals surface area contributed by atoms with Crippen LogP contribution >= 0.6 is 22.9 Å². The number of para-hydroxylation sites is 1. The van der Waals surface area contributed by atoms with Crippen LogP contribution in [0.25, 0.3) is 6.08 Å². The number of likely N-dealkylation sites (tertiary alicyclic amines) is 2. The van der Waals surface area contributed by atoms with Gasteiger partial charge in [-0.25, -0.2) is 13.2 Å². The monoisotopic (exact) mass is 648 g/mol. The van der Waals surface area contributed by atoms with Crippen LogP contribution in [0.15, 0.2) is 47.9 Å². The number of carbonyl (C=O) groups excluding carboxylic acids is 3. The van der Waals surface area contributed by atoms with Crippen LogP contribution in [0.4, 0.5) is 10.5 Å². The number of hydrogen-bond donors (Lipinski definition) is 2. The van der Waals surface area contributed by atoms with Gasteiger partial charge in [-0.2, -0.15) is 4.72 Å². The zero-order valence-electron chi connectivity index (χ0n) is 23.9. The van der Waals surface area contributed by atoms with Gasteiger partial charge in [-0.05, 0) is 56.0 Å². The van der Waals surface area contributed by atoms with Gasteiger partial charge in [-0.1, -0.05) is 29.8 Å². The number of carbonyl (C=O) groups is 3. The van der Waals surface area contributed by atoms with E-state index in [2.05, 4.69) is 14.9 Å². The van der Waals surface area contributed by atoms with Crippen LogP contribution in [0.2, 0.25) is 4.34 Å². The zero-order chi connectivity index (χ0) is 30.4. The van der Waals surface area contributed by atoms with Gasteiger partial charge in [0.2, 0.25) is 21.8 Å². The van der Waals surface area contributed by atoms with E-state index in [9.17, 15) is 22.8 Å².